The van der Waals surface area contributed by atoms with Crippen molar-refractivity contribution in [3.05, 3.63) is 59.4 Å². The molecule has 1 aromatic carbocycles. The number of hydrogen-bond acceptors (Lipinski definition) is 8. The standard InChI is InChI=1S/C30H35F2N7O4/c31-30(32)16-24(17-33)39(21-30)28(41)20-36-29(42)26-8-9-35-19-23(26)5-2-22-3-6-25(7-4-22)43-15-1-10-37-11-13-38(14-12-37)27(40)18-34/h2-9,19,24H,1,10-16,18,20-21,34H2,(H,36,42)/b5-2+/t24-/m0/s1. The summed E-state index contributed by atoms with van der Waals surface area (Å²) in [6.07, 6.45) is 6.61. The lowest BCUT2D eigenvalue weighted by molar-refractivity contribution is -0.132. The van der Waals surface area contributed by atoms with Gasteiger partial charge >= 0.3 is 0 Å². The van der Waals surface area contributed by atoms with Crippen LogP contribution in [0.4, 0.5) is 8.78 Å². The van der Waals surface area contributed by atoms with E-state index < -0.39 is 43.3 Å². The first-order valence-corrected chi connectivity index (χ1v) is 14.1. The predicted octanol–water partition coefficient (Wildman–Crippen LogP) is 1.61. The Morgan fingerprint density at radius 3 is 2.56 bits per heavy atom. The van der Waals surface area contributed by atoms with Gasteiger partial charge in [0.25, 0.3) is 11.8 Å². The number of carbonyl (C=O) groups excluding carboxylic acids is 3. The van der Waals surface area contributed by atoms with E-state index in [1.807, 2.05) is 30.3 Å². The second kappa shape index (κ2) is 14.7. The number of benzene rings is 1. The zero-order valence-electron chi connectivity index (χ0n) is 23.8. The number of likely N-dealkylation sites (tertiary alicyclic amines) is 1. The van der Waals surface area contributed by atoms with Crippen molar-refractivity contribution in [3.63, 3.8) is 0 Å². The van der Waals surface area contributed by atoms with Gasteiger partial charge in [0.05, 0.1) is 32.3 Å². The summed E-state index contributed by atoms with van der Waals surface area (Å²) in [6, 6.07) is 9.47. The second-order valence-electron chi connectivity index (χ2n) is 10.4. The minimum Gasteiger partial charge on any atom is -0.494 e. The van der Waals surface area contributed by atoms with E-state index in [0.29, 0.717) is 25.3 Å². The van der Waals surface area contributed by atoms with Gasteiger partial charge in [-0.1, -0.05) is 24.3 Å². The number of halogens is 2. The van der Waals surface area contributed by atoms with Gasteiger partial charge < -0.3 is 25.6 Å². The Bertz CT molecular complexity index is 1360. The number of amides is 3. The molecule has 0 aliphatic carbocycles. The highest BCUT2D eigenvalue weighted by Crippen LogP contribution is 2.31. The number of piperazine rings is 1. The Kier molecular flexibility index (Phi) is 10.7. The van der Waals surface area contributed by atoms with Gasteiger partial charge in [-0.25, -0.2) is 8.78 Å². The number of nitrogens with one attached hydrogen (secondary N) is 1. The van der Waals surface area contributed by atoms with E-state index in [-0.39, 0.29) is 18.0 Å². The van der Waals surface area contributed by atoms with Gasteiger partial charge in [-0.3, -0.25) is 24.3 Å². The van der Waals surface area contributed by atoms with Gasteiger partial charge in [-0.15, -0.1) is 0 Å². The molecule has 0 bridgehead atoms. The summed E-state index contributed by atoms with van der Waals surface area (Å²) in [5.41, 5.74) is 7.06. The van der Waals surface area contributed by atoms with Gasteiger partial charge in [0, 0.05) is 62.7 Å². The first-order chi connectivity index (χ1) is 20.7. The molecule has 3 amide bonds. The molecule has 0 spiro atoms. The van der Waals surface area contributed by atoms with E-state index in [9.17, 15) is 23.2 Å². The van der Waals surface area contributed by atoms with Crippen molar-refractivity contribution in [3.8, 4) is 11.8 Å². The highest BCUT2D eigenvalue weighted by atomic mass is 19.3. The lowest BCUT2D eigenvalue weighted by atomic mass is 10.1. The molecular formula is C30H35F2N7O4. The van der Waals surface area contributed by atoms with Crippen molar-refractivity contribution in [1.82, 2.24) is 25.0 Å². The maximum absolute atomic E-state index is 13.7. The molecule has 11 nitrogen and oxygen atoms in total. The maximum Gasteiger partial charge on any atom is 0.268 e. The normalized spacial score (nSPS) is 18.4. The zero-order chi connectivity index (χ0) is 30.8. The van der Waals surface area contributed by atoms with E-state index in [1.54, 1.807) is 17.0 Å². The number of carbonyl (C=O) groups is 3. The van der Waals surface area contributed by atoms with Gasteiger partial charge in [-0.05, 0) is 30.2 Å². The number of nitrogens with two attached hydrogens (primary N) is 1. The molecule has 3 N–H and O–H groups in total. The molecule has 228 valence electrons. The van der Waals surface area contributed by atoms with Crippen molar-refractivity contribution < 1.29 is 27.9 Å². The minimum atomic E-state index is -3.13. The maximum atomic E-state index is 13.7. The molecular weight excluding hydrogens is 560 g/mol. The molecule has 0 saturated carbocycles. The summed E-state index contributed by atoms with van der Waals surface area (Å²) in [6.45, 7) is 3.19. The molecule has 2 saturated heterocycles. The van der Waals surface area contributed by atoms with Crippen LogP contribution in [-0.4, -0.2) is 108 Å². The molecule has 43 heavy (non-hydrogen) atoms. The van der Waals surface area contributed by atoms with Gasteiger partial charge in [0.15, 0.2) is 0 Å². The van der Waals surface area contributed by atoms with Crippen LogP contribution in [0.1, 0.15) is 34.3 Å². The topological polar surface area (TPSA) is 145 Å². The minimum absolute atomic E-state index is 0.0107. The summed E-state index contributed by atoms with van der Waals surface area (Å²) in [4.78, 5) is 45.9. The molecule has 13 heteroatoms. The van der Waals surface area contributed by atoms with Gasteiger partial charge in [-0.2, -0.15) is 5.26 Å². The number of nitrogens with zero attached hydrogens (tertiary/aromatic N) is 5. The van der Waals surface area contributed by atoms with Crippen LogP contribution in [0.5, 0.6) is 5.75 Å². The van der Waals surface area contributed by atoms with E-state index in [0.717, 1.165) is 42.3 Å². The Hall–Kier alpha value is -4.41. The molecule has 2 aliphatic heterocycles. The molecule has 1 atom stereocenters. The van der Waals surface area contributed by atoms with E-state index >= 15 is 0 Å². The molecule has 0 radical (unpaired) electrons. The van der Waals surface area contributed by atoms with Crippen molar-refractivity contribution >= 4 is 29.9 Å². The van der Waals surface area contributed by atoms with Crippen molar-refractivity contribution in [1.29, 1.82) is 5.26 Å². The third-order valence-corrected chi connectivity index (χ3v) is 7.36. The van der Waals surface area contributed by atoms with Crippen LogP contribution in [0.25, 0.3) is 12.2 Å². The number of aromatic nitrogens is 1. The fourth-order valence-electron chi connectivity index (χ4n) is 4.98. The molecule has 0 unspecified atom stereocenters. The Morgan fingerprint density at radius 2 is 1.86 bits per heavy atom. The van der Waals surface area contributed by atoms with Crippen molar-refractivity contribution in [2.45, 2.75) is 24.8 Å². The number of alkyl halides is 2. The fraction of sp³-hybridized carbons (Fsp3) is 0.433. The second-order valence-corrected chi connectivity index (χ2v) is 10.4. The van der Waals surface area contributed by atoms with Crippen LogP contribution in [0, 0.1) is 11.3 Å². The summed E-state index contributed by atoms with van der Waals surface area (Å²) < 4.78 is 33.2. The monoisotopic (exact) mass is 595 g/mol. The van der Waals surface area contributed by atoms with E-state index in [1.165, 1.54) is 18.5 Å². The first-order valence-electron chi connectivity index (χ1n) is 14.1. The molecule has 4 rings (SSSR count). The zero-order valence-corrected chi connectivity index (χ0v) is 23.8. The fourth-order valence-corrected chi connectivity index (χ4v) is 4.98. The van der Waals surface area contributed by atoms with Crippen LogP contribution in [0.2, 0.25) is 0 Å². The summed E-state index contributed by atoms with van der Waals surface area (Å²) in [5.74, 6) is -3.72. The van der Waals surface area contributed by atoms with Crippen LogP contribution in [0.3, 0.4) is 0 Å². The third-order valence-electron chi connectivity index (χ3n) is 7.36. The van der Waals surface area contributed by atoms with Crippen molar-refractivity contribution in [2.75, 3.05) is 59.0 Å². The third kappa shape index (κ3) is 8.79. The van der Waals surface area contributed by atoms with Gasteiger partial charge in [0.1, 0.15) is 11.8 Å². The highest BCUT2D eigenvalue weighted by molar-refractivity contribution is 6.00. The number of rotatable bonds is 11. The molecule has 2 aromatic rings. The summed E-state index contributed by atoms with van der Waals surface area (Å²) >= 11 is 0. The molecule has 2 fully saturated rings. The smallest absolute Gasteiger partial charge is 0.268 e. The number of hydrogen-bond donors (Lipinski definition) is 2. The average Bonchev–Trinajstić information content (AvgIpc) is 3.35. The number of ether oxygens (including phenoxy) is 1. The highest BCUT2D eigenvalue weighted by Gasteiger charge is 2.47. The average molecular weight is 596 g/mol. The van der Waals surface area contributed by atoms with Crippen LogP contribution in [0.15, 0.2) is 42.7 Å². The SMILES string of the molecule is N#C[C@@H]1CC(F)(F)CN1C(=O)CNC(=O)c1ccncc1/C=C/c1ccc(OCCCN2CCN(C(=O)CN)CC2)cc1. The molecule has 3 heterocycles. The van der Waals surface area contributed by atoms with E-state index in [2.05, 4.69) is 15.2 Å². The van der Waals surface area contributed by atoms with Crippen LogP contribution in [-0.2, 0) is 9.59 Å². The molecule has 1 aromatic heterocycles. The number of nitriles is 1. The summed E-state index contributed by atoms with van der Waals surface area (Å²) in [7, 11) is 0. The van der Waals surface area contributed by atoms with E-state index in [4.69, 9.17) is 15.7 Å². The summed E-state index contributed by atoms with van der Waals surface area (Å²) in [5, 5.41) is 11.6. The Balaban J connectivity index is 1.23. The largest absolute Gasteiger partial charge is 0.494 e. The quantitative estimate of drug-likeness (QED) is 0.373. The van der Waals surface area contributed by atoms with Crippen LogP contribution < -0.4 is 15.8 Å². The predicted molar refractivity (Wildman–Crippen MR) is 155 cm³/mol. The first kappa shape index (κ1) is 31.5. The van der Waals surface area contributed by atoms with Crippen LogP contribution >= 0.6 is 0 Å². The number of pyridine rings is 1. The Labute approximate surface area is 248 Å². The lowest BCUT2D eigenvalue weighted by Gasteiger charge is -2.34. The van der Waals surface area contributed by atoms with Gasteiger partial charge in [0.2, 0.25) is 11.8 Å². The van der Waals surface area contributed by atoms with Crippen molar-refractivity contribution in [2.24, 2.45) is 5.73 Å². The Morgan fingerprint density at radius 1 is 1.12 bits per heavy atom. The molecule has 2 aliphatic rings. The lowest BCUT2D eigenvalue weighted by Crippen LogP contribution is -2.50.